The summed E-state index contributed by atoms with van der Waals surface area (Å²) in [7, 11) is 1.69. The second-order valence-corrected chi connectivity index (χ2v) is 5.39. The number of nitrogens with one attached hydrogen (secondary N) is 1. The lowest BCUT2D eigenvalue weighted by molar-refractivity contribution is 0.199. The van der Waals surface area contributed by atoms with Crippen LogP contribution in [0.2, 0.25) is 5.02 Å². The monoisotopic (exact) mass is 300 g/mol. The summed E-state index contributed by atoms with van der Waals surface area (Å²) in [5.41, 5.74) is 2.25. The minimum absolute atomic E-state index is 0.126. The standard InChI is InChI=1S/C15H25ClN2O2/c1-12(2)18(7-8-19)15-10-14(16)5-4-13(15)11-17-6-9-20-3/h4-5,10,12,17,19H,6-9,11H2,1-3H3. The predicted molar refractivity (Wildman–Crippen MR) is 84.6 cm³/mol. The zero-order valence-electron chi connectivity index (χ0n) is 12.5. The van der Waals surface area contributed by atoms with Crippen molar-refractivity contribution in [3.8, 4) is 0 Å². The summed E-state index contributed by atoms with van der Waals surface area (Å²) in [6.45, 7) is 7.19. The molecule has 0 aromatic heterocycles. The quantitative estimate of drug-likeness (QED) is 0.687. The van der Waals surface area contributed by atoms with E-state index in [1.807, 2.05) is 18.2 Å². The second-order valence-electron chi connectivity index (χ2n) is 4.95. The Balaban J connectivity index is 2.87. The van der Waals surface area contributed by atoms with Crippen LogP contribution in [0.1, 0.15) is 19.4 Å². The van der Waals surface area contributed by atoms with Crippen molar-refractivity contribution >= 4 is 17.3 Å². The first-order valence-electron chi connectivity index (χ1n) is 6.95. The maximum Gasteiger partial charge on any atom is 0.0606 e. The van der Waals surface area contributed by atoms with Crippen LogP contribution >= 0.6 is 11.6 Å². The summed E-state index contributed by atoms with van der Waals surface area (Å²) < 4.78 is 5.03. The topological polar surface area (TPSA) is 44.7 Å². The van der Waals surface area contributed by atoms with E-state index in [-0.39, 0.29) is 6.61 Å². The molecule has 0 heterocycles. The molecule has 1 aromatic rings. The third kappa shape index (κ3) is 5.29. The molecule has 0 saturated carbocycles. The van der Waals surface area contributed by atoms with Crippen molar-refractivity contribution in [3.05, 3.63) is 28.8 Å². The Morgan fingerprint density at radius 3 is 2.75 bits per heavy atom. The Hall–Kier alpha value is -0.810. The van der Waals surface area contributed by atoms with Gasteiger partial charge in [-0.05, 0) is 31.5 Å². The zero-order valence-corrected chi connectivity index (χ0v) is 13.3. The van der Waals surface area contributed by atoms with E-state index in [1.54, 1.807) is 7.11 Å². The van der Waals surface area contributed by atoms with Crippen LogP contribution in [-0.4, -0.2) is 44.6 Å². The molecule has 4 nitrogen and oxygen atoms in total. The van der Waals surface area contributed by atoms with Crippen LogP contribution in [0.25, 0.3) is 0 Å². The van der Waals surface area contributed by atoms with E-state index >= 15 is 0 Å². The molecule has 0 atom stereocenters. The zero-order chi connectivity index (χ0) is 15.0. The number of ether oxygens (including phenoxy) is 1. The maximum atomic E-state index is 9.25. The van der Waals surface area contributed by atoms with Crippen molar-refractivity contribution < 1.29 is 9.84 Å². The fraction of sp³-hybridized carbons (Fsp3) is 0.600. The summed E-state index contributed by atoms with van der Waals surface area (Å²) in [4.78, 5) is 2.17. The molecule has 0 amide bonds. The van der Waals surface area contributed by atoms with Gasteiger partial charge < -0.3 is 20.1 Å². The van der Waals surface area contributed by atoms with Crippen molar-refractivity contribution in [2.24, 2.45) is 0 Å². The molecular formula is C15H25ClN2O2. The molecule has 2 N–H and O–H groups in total. The van der Waals surface area contributed by atoms with Gasteiger partial charge in [-0.2, -0.15) is 0 Å². The van der Waals surface area contributed by atoms with Crippen LogP contribution in [0, 0.1) is 0 Å². The molecule has 0 unspecified atom stereocenters. The Morgan fingerprint density at radius 2 is 2.15 bits per heavy atom. The number of methoxy groups -OCH3 is 1. The van der Waals surface area contributed by atoms with E-state index < -0.39 is 0 Å². The van der Waals surface area contributed by atoms with Crippen LogP contribution in [0.5, 0.6) is 0 Å². The highest BCUT2D eigenvalue weighted by molar-refractivity contribution is 6.30. The van der Waals surface area contributed by atoms with E-state index in [2.05, 4.69) is 24.1 Å². The molecular weight excluding hydrogens is 276 g/mol. The first-order valence-corrected chi connectivity index (χ1v) is 7.33. The van der Waals surface area contributed by atoms with Crippen LogP contribution in [-0.2, 0) is 11.3 Å². The number of rotatable bonds is 9. The number of benzene rings is 1. The van der Waals surface area contributed by atoms with Crippen molar-refractivity contribution in [1.29, 1.82) is 0 Å². The van der Waals surface area contributed by atoms with Gasteiger partial charge in [0.1, 0.15) is 0 Å². The molecule has 114 valence electrons. The number of halogens is 1. The van der Waals surface area contributed by atoms with Gasteiger partial charge in [0, 0.05) is 43.5 Å². The van der Waals surface area contributed by atoms with E-state index in [0.717, 1.165) is 18.8 Å². The molecule has 0 aliphatic rings. The van der Waals surface area contributed by atoms with Gasteiger partial charge in [0.2, 0.25) is 0 Å². The number of anilines is 1. The van der Waals surface area contributed by atoms with Gasteiger partial charge in [-0.3, -0.25) is 0 Å². The highest BCUT2D eigenvalue weighted by atomic mass is 35.5. The SMILES string of the molecule is COCCNCc1ccc(Cl)cc1N(CCO)C(C)C. The number of aliphatic hydroxyl groups is 1. The van der Waals surface area contributed by atoms with E-state index in [0.29, 0.717) is 24.2 Å². The van der Waals surface area contributed by atoms with Gasteiger partial charge in [0.15, 0.2) is 0 Å². The molecule has 0 fully saturated rings. The van der Waals surface area contributed by atoms with Crippen LogP contribution < -0.4 is 10.2 Å². The number of aliphatic hydroxyl groups excluding tert-OH is 1. The van der Waals surface area contributed by atoms with Crippen molar-refractivity contribution in [2.45, 2.75) is 26.4 Å². The molecule has 20 heavy (non-hydrogen) atoms. The predicted octanol–water partition coefficient (Wildman–Crippen LogP) is 2.28. The minimum atomic E-state index is 0.126. The molecule has 5 heteroatoms. The lowest BCUT2D eigenvalue weighted by Gasteiger charge is -2.30. The summed E-state index contributed by atoms with van der Waals surface area (Å²) in [5.74, 6) is 0. The molecule has 0 saturated heterocycles. The molecule has 1 aromatic carbocycles. The van der Waals surface area contributed by atoms with Crippen molar-refractivity contribution in [2.75, 3.05) is 38.3 Å². The van der Waals surface area contributed by atoms with Crippen LogP contribution in [0.4, 0.5) is 5.69 Å². The maximum absolute atomic E-state index is 9.25. The number of hydrogen-bond donors (Lipinski definition) is 2. The smallest absolute Gasteiger partial charge is 0.0606 e. The van der Waals surface area contributed by atoms with Gasteiger partial charge in [0.05, 0.1) is 13.2 Å². The Morgan fingerprint density at radius 1 is 1.40 bits per heavy atom. The Labute approximate surface area is 126 Å². The summed E-state index contributed by atoms with van der Waals surface area (Å²) in [6, 6.07) is 6.20. The van der Waals surface area contributed by atoms with Gasteiger partial charge in [-0.1, -0.05) is 17.7 Å². The normalized spacial score (nSPS) is 11.1. The molecule has 0 radical (unpaired) electrons. The minimum Gasteiger partial charge on any atom is -0.395 e. The van der Waals surface area contributed by atoms with E-state index in [4.69, 9.17) is 16.3 Å². The van der Waals surface area contributed by atoms with Crippen LogP contribution in [0.3, 0.4) is 0 Å². The summed E-state index contributed by atoms with van der Waals surface area (Å²) in [5, 5.41) is 13.3. The van der Waals surface area contributed by atoms with Crippen molar-refractivity contribution in [3.63, 3.8) is 0 Å². The average molecular weight is 301 g/mol. The third-order valence-corrected chi connectivity index (χ3v) is 3.35. The van der Waals surface area contributed by atoms with Crippen molar-refractivity contribution in [1.82, 2.24) is 5.32 Å². The first-order chi connectivity index (χ1) is 9.60. The third-order valence-electron chi connectivity index (χ3n) is 3.12. The summed E-state index contributed by atoms with van der Waals surface area (Å²) in [6.07, 6.45) is 0. The lowest BCUT2D eigenvalue weighted by Crippen LogP contribution is -2.34. The van der Waals surface area contributed by atoms with Gasteiger partial charge in [-0.15, -0.1) is 0 Å². The highest BCUT2D eigenvalue weighted by Gasteiger charge is 2.14. The Kier molecular flexibility index (Phi) is 7.92. The van der Waals surface area contributed by atoms with Gasteiger partial charge >= 0.3 is 0 Å². The fourth-order valence-electron chi connectivity index (χ4n) is 2.12. The molecule has 1 rings (SSSR count). The highest BCUT2D eigenvalue weighted by Crippen LogP contribution is 2.26. The lowest BCUT2D eigenvalue weighted by atomic mass is 10.1. The number of nitrogens with zero attached hydrogens (tertiary/aromatic N) is 1. The van der Waals surface area contributed by atoms with Crippen LogP contribution in [0.15, 0.2) is 18.2 Å². The first kappa shape index (κ1) is 17.2. The second kappa shape index (κ2) is 9.19. The molecule has 0 aliphatic heterocycles. The summed E-state index contributed by atoms with van der Waals surface area (Å²) >= 11 is 6.12. The van der Waals surface area contributed by atoms with Gasteiger partial charge in [-0.25, -0.2) is 0 Å². The molecule has 0 bridgehead atoms. The van der Waals surface area contributed by atoms with E-state index in [9.17, 15) is 5.11 Å². The molecule has 0 aliphatic carbocycles. The van der Waals surface area contributed by atoms with Gasteiger partial charge in [0.25, 0.3) is 0 Å². The van der Waals surface area contributed by atoms with E-state index in [1.165, 1.54) is 5.56 Å². The average Bonchev–Trinajstić information content (AvgIpc) is 2.42. The largest absolute Gasteiger partial charge is 0.395 e. The Bertz CT molecular complexity index is 399. The fourth-order valence-corrected chi connectivity index (χ4v) is 2.28. The molecule has 0 spiro atoms. The number of hydrogen-bond acceptors (Lipinski definition) is 4.